The van der Waals surface area contributed by atoms with E-state index in [-0.39, 0.29) is 0 Å². The van der Waals surface area contributed by atoms with E-state index in [1.807, 2.05) is 72.8 Å². The molecule has 0 atom stereocenters. The molecule has 160 valence electrons. The zero-order valence-corrected chi connectivity index (χ0v) is 18.0. The van der Waals surface area contributed by atoms with Crippen molar-refractivity contribution in [2.45, 2.75) is 6.92 Å². The van der Waals surface area contributed by atoms with Gasteiger partial charge in [0.15, 0.2) is 0 Å². The van der Waals surface area contributed by atoms with Gasteiger partial charge in [-0.1, -0.05) is 6.07 Å². The predicted octanol–water partition coefficient (Wildman–Crippen LogP) is 6.46. The first-order chi connectivity index (χ1) is 16.1. The van der Waals surface area contributed by atoms with Crippen molar-refractivity contribution < 1.29 is 4.74 Å². The number of ether oxygens (including phenoxy) is 1. The fourth-order valence-corrected chi connectivity index (χ4v) is 3.92. The van der Waals surface area contributed by atoms with Gasteiger partial charge < -0.3 is 20.4 Å². The third-order valence-electron chi connectivity index (χ3n) is 5.63. The quantitative estimate of drug-likeness (QED) is 0.279. The Hall–Kier alpha value is -4.58. The van der Waals surface area contributed by atoms with Gasteiger partial charge in [0, 0.05) is 16.8 Å². The van der Waals surface area contributed by atoms with Crippen LogP contribution in [0, 0.1) is 6.92 Å². The summed E-state index contributed by atoms with van der Waals surface area (Å²) in [4.78, 5) is 16.0. The van der Waals surface area contributed by atoms with Gasteiger partial charge in [-0.2, -0.15) is 0 Å². The average molecular weight is 431 g/mol. The molecule has 4 N–H and O–H groups in total. The van der Waals surface area contributed by atoms with E-state index in [1.54, 1.807) is 0 Å². The Morgan fingerprint density at radius 1 is 0.636 bits per heavy atom. The van der Waals surface area contributed by atoms with Crippen molar-refractivity contribution >= 4 is 27.8 Å². The summed E-state index contributed by atoms with van der Waals surface area (Å²) in [6.07, 6.45) is 0. The molecule has 0 amide bonds. The molecule has 4 aromatic carbocycles. The van der Waals surface area contributed by atoms with Crippen molar-refractivity contribution in [2.75, 3.05) is 5.73 Å². The number of benzene rings is 4. The Labute approximate surface area is 190 Å². The van der Waals surface area contributed by atoms with Gasteiger partial charge in [0.25, 0.3) is 0 Å². The molecule has 0 unspecified atom stereocenters. The largest absolute Gasteiger partial charge is 0.457 e. The first-order valence-electron chi connectivity index (χ1n) is 10.7. The monoisotopic (exact) mass is 431 g/mol. The Morgan fingerprint density at radius 3 is 1.73 bits per heavy atom. The number of H-pyrrole nitrogens is 2. The number of nitrogens with zero attached hydrogens (tertiary/aromatic N) is 2. The summed E-state index contributed by atoms with van der Waals surface area (Å²) < 4.78 is 6.03. The molecule has 6 rings (SSSR count). The van der Waals surface area contributed by atoms with Gasteiger partial charge in [-0.15, -0.1) is 0 Å². The van der Waals surface area contributed by atoms with Crippen molar-refractivity contribution in [1.29, 1.82) is 0 Å². The van der Waals surface area contributed by atoms with E-state index >= 15 is 0 Å². The van der Waals surface area contributed by atoms with Crippen LogP contribution in [0.1, 0.15) is 5.56 Å². The van der Waals surface area contributed by atoms with E-state index in [2.05, 4.69) is 39.0 Å². The van der Waals surface area contributed by atoms with Gasteiger partial charge in [-0.25, -0.2) is 9.97 Å². The fraction of sp³-hybridized carbons (Fsp3) is 0.0370. The summed E-state index contributed by atoms with van der Waals surface area (Å²) in [7, 11) is 0. The molecule has 2 aromatic heterocycles. The van der Waals surface area contributed by atoms with Crippen molar-refractivity contribution in [1.82, 2.24) is 19.9 Å². The van der Waals surface area contributed by atoms with Crippen LogP contribution in [-0.2, 0) is 0 Å². The summed E-state index contributed by atoms with van der Waals surface area (Å²) in [5.74, 6) is 3.16. The molecule has 2 heterocycles. The molecule has 6 nitrogen and oxygen atoms in total. The van der Waals surface area contributed by atoms with E-state index in [0.29, 0.717) is 5.69 Å². The van der Waals surface area contributed by atoms with Crippen LogP contribution in [0.25, 0.3) is 44.8 Å². The molecule has 0 bridgehead atoms. The van der Waals surface area contributed by atoms with E-state index in [0.717, 1.165) is 56.3 Å². The molecule has 6 heteroatoms. The van der Waals surface area contributed by atoms with Crippen LogP contribution < -0.4 is 10.5 Å². The summed E-state index contributed by atoms with van der Waals surface area (Å²) in [6, 6.07) is 27.6. The van der Waals surface area contributed by atoms with E-state index in [4.69, 9.17) is 10.5 Å². The summed E-state index contributed by atoms with van der Waals surface area (Å²) in [5, 5.41) is 0. The topological polar surface area (TPSA) is 92.6 Å². The maximum absolute atomic E-state index is 6.03. The van der Waals surface area contributed by atoms with Crippen LogP contribution in [0.3, 0.4) is 0 Å². The van der Waals surface area contributed by atoms with Gasteiger partial charge in [-0.05, 0) is 91.3 Å². The lowest BCUT2D eigenvalue weighted by Gasteiger charge is -2.07. The molecule has 0 aliphatic carbocycles. The summed E-state index contributed by atoms with van der Waals surface area (Å²) >= 11 is 0. The zero-order valence-electron chi connectivity index (χ0n) is 18.0. The van der Waals surface area contributed by atoms with Crippen molar-refractivity contribution in [3.05, 3.63) is 90.5 Å². The molecule has 0 radical (unpaired) electrons. The highest BCUT2D eigenvalue weighted by Gasteiger charge is 2.08. The number of rotatable bonds is 4. The second-order valence-corrected chi connectivity index (χ2v) is 8.12. The minimum atomic E-state index is 0.711. The highest BCUT2D eigenvalue weighted by Crippen LogP contribution is 2.28. The smallest absolute Gasteiger partial charge is 0.138 e. The molecule has 0 fully saturated rings. The molecular formula is C27H21N5O. The number of hydrogen-bond donors (Lipinski definition) is 3. The normalized spacial score (nSPS) is 11.3. The minimum Gasteiger partial charge on any atom is -0.457 e. The lowest BCUT2D eigenvalue weighted by Crippen LogP contribution is -1.86. The molecule has 0 aliphatic heterocycles. The molecule has 0 saturated carbocycles. The number of aromatic amines is 2. The average Bonchev–Trinajstić information content (AvgIpc) is 3.43. The van der Waals surface area contributed by atoms with Crippen molar-refractivity contribution in [2.24, 2.45) is 0 Å². The lowest BCUT2D eigenvalue weighted by molar-refractivity contribution is 0.483. The second-order valence-electron chi connectivity index (χ2n) is 8.12. The number of imidazole rings is 2. The van der Waals surface area contributed by atoms with Crippen molar-refractivity contribution in [3.8, 4) is 34.3 Å². The Morgan fingerprint density at radius 2 is 1.15 bits per heavy atom. The maximum Gasteiger partial charge on any atom is 0.138 e. The Kier molecular flexibility index (Phi) is 4.36. The predicted molar refractivity (Wildman–Crippen MR) is 132 cm³/mol. The van der Waals surface area contributed by atoms with Gasteiger partial charge in [0.2, 0.25) is 0 Å². The van der Waals surface area contributed by atoms with Gasteiger partial charge >= 0.3 is 0 Å². The highest BCUT2D eigenvalue weighted by atomic mass is 16.5. The van der Waals surface area contributed by atoms with Crippen LogP contribution in [-0.4, -0.2) is 19.9 Å². The summed E-state index contributed by atoms with van der Waals surface area (Å²) in [6.45, 7) is 2.07. The highest BCUT2D eigenvalue weighted by molar-refractivity contribution is 5.82. The number of nitrogens with two attached hydrogens (primary N) is 1. The first-order valence-corrected chi connectivity index (χ1v) is 10.7. The first kappa shape index (κ1) is 19.1. The Bertz CT molecular complexity index is 1470. The number of nitrogens with one attached hydrogen (secondary N) is 2. The zero-order chi connectivity index (χ0) is 22.4. The molecule has 33 heavy (non-hydrogen) atoms. The van der Waals surface area contributed by atoms with Crippen LogP contribution in [0.2, 0.25) is 0 Å². The van der Waals surface area contributed by atoms with Gasteiger partial charge in [0.05, 0.1) is 22.1 Å². The molecular weight excluding hydrogens is 410 g/mol. The van der Waals surface area contributed by atoms with Crippen LogP contribution in [0.15, 0.2) is 84.9 Å². The molecule has 0 spiro atoms. The number of aromatic nitrogens is 4. The van der Waals surface area contributed by atoms with Crippen molar-refractivity contribution in [3.63, 3.8) is 0 Å². The fourth-order valence-electron chi connectivity index (χ4n) is 3.92. The van der Waals surface area contributed by atoms with Crippen LogP contribution in [0.5, 0.6) is 11.5 Å². The van der Waals surface area contributed by atoms with Crippen LogP contribution in [0.4, 0.5) is 5.69 Å². The third-order valence-corrected chi connectivity index (χ3v) is 5.63. The molecule has 0 aliphatic rings. The van der Waals surface area contributed by atoms with Gasteiger partial charge in [-0.3, -0.25) is 0 Å². The summed E-state index contributed by atoms with van der Waals surface area (Å²) in [5.41, 5.74) is 13.6. The number of hydrogen-bond acceptors (Lipinski definition) is 4. The SMILES string of the molecule is Cc1ccc2nc(-c3ccc(Oc4ccc(-c5nc6ccc(N)cc6[nH]5)cc4)cc3)[nH]c2c1. The van der Waals surface area contributed by atoms with E-state index < -0.39 is 0 Å². The molecule has 0 saturated heterocycles. The minimum absolute atomic E-state index is 0.711. The number of aryl methyl sites for hydroxylation is 1. The van der Waals surface area contributed by atoms with Crippen LogP contribution >= 0.6 is 0 Å². The van der Waals surface area contributed by atoms with E-state index in [1.165, 1.54) is 5.56 Å². The number of anilines is 1. The number of fused-ring (bicyclic) bond motifs is 2. The number of nitrogen functional groups attached to an aromatic ring is 1. The maximum atomic E-state index is 6.03. The van der Waals surface area contributed by atoms with E-state index in [9.17, 15) is 0 Å². The van der Waals surface area contributed by atoms with Gasteiger partial charge in [0.1, 0.15) is 23.1 Å². The second kappa shape index (κ2) is 7.53. The Balaban J connectivity index is 1.19. The molecule has 6 aromatic rings. The standard InChI is InChI=1S/C27H21N5O/c1-16-2-12-22-24(14-16)31-26(29-22)17-3-8-20(9-4-17)33-21-10-5-18(6-11-21)27-30-23-13-7-19(28)15-25(23)32-27/h2-15H,28H2,1H3,(H,29,31)(H,30,32). The third kappa shape index (κ3) is 3.68. The lowest BCUT2D eigenvalue weighted by atomic mass is 10.2.